The highest BCUT2D eigenvalue weighted by atomic mass is 32.1. The number of thiazole rings is 1. The molecule has 1 aromatic heterocycles. The standard InChI is InChI=1S/C13H12N2O2S/c1-17-12(16)11-8-14-13(18-11)15-7-6-9-4-2-3-5-10(9)15/h2-5,8H,6-7H2,1H3. The van der Waals surface area contributed by atoms with E-state index in [0.717, 1.165) is 18.1 Å². The smallest absolute Gasteiger partial charge is 0.349 e. The van der Waals surface area contributed by atoms with Crippen LogP contribution in [0.25, 0.3) is 0 Å². The van der Waals surface area contributed by atoms with Gasteiger partial charge in [0.15, 0.2) is 5.13 Å². The van der Waals surface area contributed by atoms with Gasteiger partial charge in [0, 0.05) is 12.2 Å². The summed E-state index contributed by atoms with van der Waals surface area (Å²) in [6.07, 6.45) is 2.59. The van der Waals surface area contributed by atoms with Crippen LogP contribution in [-0.4, -0.2) is 24.6 Å². The summed E-state index contributed by atoms with van der Waals surface area (Å²) in [6, 6.07) is 8.28. The number of anilines is 2. The van der Waals surface area contributed by atoms with Gasteiger partial charge in [-0.2, -0.15) is 0 Å². The van der Waals surface area contributed by atoms with Gasteiger partial charge in [-0.1, -0.05) is 29.5 Å². The Morgan fingerprint density at radius 3 is 3.11 bits per heavy atom. The van der Waals surface area contributed by atoms with E-state index in [4.69, 9.17) is 4.74 Å². The van der Waals surface area contributed by atoms with Gasteiger partial charge in [0.05, 0.1) is 13.3 Å². The summed E-state index contributed by atoms with van der Waals surface area (Å²) in [6.45, 7) is 0.910. The molecule has 1 aliphatic heterocycles. The van der Waals surface area contributed by atoms with Crippen LogP contribution in [-0.2, 0) is 11.2 Å². The molecular formula is C13H12N2O2S. The summed E-state index contributed by atoms with van der Waals surface area (Å²) in [5, 5.41) is 0.848. The van der Waals surface area contributed by atoms with Crippen molar-refractivity contribution in [1.82, 2.24) is 4.98 Å². The van der Waals surface area contributed by atoms with Crippen molar-refractivity contribution < 1.29 is 9.53 Å². The summed E-state index contributed by atoms with van der Waals surface area (Å²) in [7, 11) is 1.38. The number of ether oxygens (including phenoxy) is 1. The number of esters is 1. The molecule has 5 heteroatoms. The molecule has 0 N–H and O–H groups in total. The number of fused-ring (bicyclic) bond motifs is 1. The van der Waals surface area contributed by atoms with E-state index in [1.54, 1.807) is 6.20 Å². The molecule has 0 unspecified atom stereocenters. The number of benzene rings is 1. The summed E-state index contributed by atoms with van der Waals surface area (Å²) >= 11 is 1.37. The molecule has 1 aliphatic rings. The van der Waals surface area contributed by atoms with Crippen molar-refractivity contribution in [3.05, 3.63) is 40.9 Å². The number of carbonyl (C=O) groups is 1. The zero-order chi connectivity index (χ0) is 12.5. The van der Waals surface area contributed by atoms with Gasteiger partial charge in [0.25, 0.3) is 0 Å². The normalized spacial score (nSPS) is 13.5. The number of aromatic nitrogens is 1. The molecule has 4 nitrogen and oxygen atoms in total. The van der Waals surface area contributed by atoms with Crippen LogP contribution >= 0.6 is 11.3 Å². The Balaban J connectivity index is 1.93. The molecule has 2 aromatic rings. The van der Waals surface area contributed by atoms with Crippen LogP contribution in [0.1, 0.15) is 15.2 Å². The van der Waals surface area contributed by atoms with E-state index in [1.807, 2.05) is 12.1 Å². The van der Waals surface area contributed by atoms with Crippen molar-refractivity contribution in [2.45, 2.75) is 6.42 Å². The van der Waals surface area contributed by atoms with Crippen LogP contribution in [0.4, 0.5) is 10.8 Å². The van der Waals surface area contributed by atoms with Gasteiger partial charge < -0.3 is 9.64 Å². The minimum absolute atomic E-state index is 0.328. The first-order valence-corrected chi connectivity index (χ1v) is 6.51. The van der Waals surface area contributed by atoms with E-state index in [1.165, 1.54) is 29.7 Å². The molecule has 92 valence electrons. The summed E-state index contributed by atoms with van der Waals surface area (Å²) in [5.41, 5.74) is 2.51. The lowest BCUT2D eigenvalue weighted by Gasteiger charge is -2.15. The molecule has 2 heterocycles. The largest absolute Gasteiger partial charge is 0.465 e. The minimum Gasteiger partial charge on any atom is -0.465 e. The molecular weight excluding hydrogens is 248 g/mol. The van der Waals surface area contributed by atoms with Crippen molar-refractivity contribution in [3.8, 4) is 0 Å². The van der Waals surface area contributed by atoms with Crippen molar-refractivity contribution >= 4 is 28.1 Å². The second kappa shape index (κ2) is 4.42. The number of para-hydroxylation sites is 1. The van der Waals surface area contributed by atoms with Gasteiger partial charge in [0.2, 0.25) is 0 Å². The Kier molecular flexibility index (Phi) is 2.76. The van der Waals surface area contributed by atoms with Gasteiger partial charge in [-0.05, 0) is 18.1 Å². The number of nitrogens with zero attached hydrogens (tertiary/aromatic N) is 2. The first kappa shape index (κ1) is 11.2. The second-order valence-corrected chi connectivity index (χ2v) is 5.04. The average Bonchev–Trinajstić information content (AvgIpc) is 3.03. The molecule has 0 radical (unpaired) electrons. The topological polar surface area (TPSA) is 42.4 Å². The molecule has 18 heavy (non-hydrogen) atoms. The molecule has 0 bridgehead atoms. The molecule has 1 aromatic carbocycles. The summed E-state index contributed by atoms with van der Waals surface area (Å²) in [5.74, 6) is -0.328. The Labute approximate surface area is 109 Å². The van der Waals surface area contributed by atoms with Crippen molar-refractivity contribution in [3.63, 3.8) is 0 Å². The molecule has 0 saturated heterocycles. The zero-order valence-corrected chi connectivity index (χ0v) is 10.7. The zero-order valence-electron chi connectivity index (χ0n) is 9.92. The average molecular weight is 260 g/mol. The van der Waals surface area contributed by atoms with Crippen LogP contribution < -0.4 is 4.90 Å². The van der Waals surface area contributed by atoms with Crippen molar-refractivity contribution in [2.24, 2.45) is 0 Å². The highest BCUT2D eigenvalue weighted by Gasteiger charge is 2.23. The highest BCUT2D eigenvalue weighted by molar-refractivity contribution is 7.17. The number of methoxy groups -OCH3 is 1. The highest BCUT2D eigenvalue weighted by Crippen LogP contribution is 2.36. The molecule has 0 saturated carbocycles. The predicted octanol–water partition coefficient (Wildman–Crippen LogP) is 2.62. The maximum atomic E-state index is 11.4. The molecule has 0 fully saturated rings. The lowest BCUT2D eigenvalue weighted by atomic mass is 10.2. The number of rotatable bonds is 2. The van der Waals surface area contributed by atoms with E-state index in [-0.39, 0.29) is 5.97 Å². The fourth-order valence-corrected chi connectivity index (χ4v) is 3.00. The SMILES string of the molecule is COC(=O)c1cnc(N2CCc3ccccc32)s1. The van der Waals surface area contributed by atoms with Crippen LogP contribution in [0.15, 0.2) is 30.5 Å². The lowest BCUT2D eigenvalue weighted by Crippen LogP contribution is -2.12. The van der Waals surface area contributed by atoms with Gasteiger partial charge in [-0.15, -0.1) is 0 Å². The van der Waals surface area contributed by atoms with Crippen LogP contribution in [0.2, 0.25) is 0 Å². The van der Waals surface area contributed by atoms with Gasteiger partial charge in [0.1, 0.15) is 4.88 Å². The maximum Gasteiger partial charge on any atom is 0.349 e. The van der Waals surface area contributed by atoms with E-state index < -0.39 is 0 Å². The summed E-state index contributed by atoms with van der Waals surface area (Å²) < 4.78 is 4.69. The van der Waals surface area contributed by atoms with E-state index in [2.05, 4.69) is 22.0 Å². The lowest BCUT2D eigenvalue weighted by molar-refractivity contribution is 0.0606. The Hall–Kier alpha value is -1.88. The maximum absolute atomic E-state index is 11.4. The van der Waals surface area contributed by atoms with Gasteiger partial charge in [-0.3, -0.25) is 0 Å². The fourth-order valence-electron chi connectivity index (χ4n) is 2.12. The minimum atomic E-state index is -0.328. The molecule has 0 aliphatic carbocycles. The van der Waals surface area contributed by atoms with Gasteiger partial charge in [-0.25, -0.2) is 9.78 Å². The Morgan fingerprint density at radius 1 is 1.44 bits per heavy atom. The first-order valence-electron chi connectivity index (χ1n) is 5.69. The van der Waals surface area contributed by atoms with Crippen LogP contribution in [0, 0.1) is 0 Å². The van der Waals surface area contributed by atoms with E-state index in [9.17, 15) is 4.79 Å². The van der Waals surface area contributed by atoms with Crippen LogP contribution in [0.3, 0.4) is 0 Å². The van der Waals surface area contributed by atoms with Crippen molar-refractivity contribution in [2.75, 3.05) is 18.6 Å². The molecule has 3 rings (SSSR count). The van der Waals surface area contributed by atoms with Gasteiger partial charge >= 0.3 is 5.97 Å². The quantitative estimate of drug-likeness (QED) is 0.778. The van der Waals surface area contributed by atoms with Crippen LogP contribution in [0.5, 0.6) is 0 Å². The number of carbonyl (C=O) groups excluding carboxylic acids is 1. The second-order valence-electron chi connectivity index (χ2n) is 4.03. The van der Waals surface area contributed by atoms with E-state index >= 15 is 0 Å². The predicted molar refractivity (Wildman–Crippen MR) is 70.6 cm³/mol. The Morgan fingerprint density at radius 2 is 2.28 bits per heavy atom. The third-order valence-corrected chi connectivity index (χ3v) is 4.00. The molecule has 0 amide bonds. The third-order valence-electron chi connectivity index (χ3n) is 3.00. The number of hydrogen-bond donors (Lipinski definition) is 0. The monoisotopic (exact) mass is 260 g/mol. The first-order chi connectivity index (χ1) is 8.79. The Bertz CT molecular complexity index is 594. The molecule has 0 atom stereocenters. The third kappa shape index (κ3) is 1.76. The van der Waals surface area contributed by atoms with Crippen molar-refractivity contribution in [1.29, 1.82) is 0 Å². The fraction of sp³-hybridized carbons (Fsp3) is 0.231. The number of hydrogen-bond acceptors (Lipinski definition) is 5. The van der Waals surface area contributed by atoms with E-state index in [0.29, 0.717) is 4.88 Å². The molecule has 0 spiro atoms. The summed E-state index contributed by atoms with van der Waals surface area (Å²) in [4.78, 5) is 18.4.